The van der Waals surface area contributed by atoms with Crippen molar-refractivity contribution in [3.8, 4) is 5.75 Å². The zero-order valence-corrected chi connectivity index (χ0v) is 13.3. The van der Waals surface area contributed by atoms with E-state index in [4.69, 9.17) is 16.3 Å². The van der Waals surface area contributed by atoms with E-state index < -0.39 is 0 Å². The van der Waals surface area contributed by atoms with Gasteiger partial charge in [-0.25, -0.2) is 0 Å². The third-order valence-electron chi connectivity index (χ3n) is 4.16. The molecular formula is C16H22ClNO3. The van der Waals surface area contributed by atoms with E-state index >= 15 is 0 Å². The van der Waals surface area contributed by atoms with Crippen LogP contribution < -0.4 is 4.74 Å². The van der Waals surface area contributed by atoms with Gasteiger partial charge in [0.2, 0.25) is 5.91 Å². The van der Waals surface area contributed by atoms with E-state index in [9.17, 15) is 9.90 Å². The Morgan fingerprint density at radius 3 is 2.71 bits per heavy atom. The number of rotatable bonds is 4. The molecule has 116 valence electrons. The highest BCUT2D eigenvalue weighted by molar-refractivity contribution is 6.30. The molecular weight excluding hydrogens is 290 g/mol. The average Bonchev–Trinajstić information content (AvgIpc) is 2.47. The predicted octanol–water partition coefficient (Wildman–Crippen LogP) is 2.51. The van der Waals surface area contributed by atoms with E-state index in [1.165, 1.54) is 0 Å². The number of ether oxygens (including phenoxy) is 1. The van der Waals surface area contributed by atoms with E-state index in [2.05, 4.69) is 0 Å². The quantitative estimate of drug-likeness (QED) is 0.929. The standard InChI is InChI=1S/C16H22ClNO3/c1-11(19)12-5-7-18(8-6-12)16(20)10-13-9-14(17)3-4-15(13)21-2/h3-4,9,11-12,19H,5-8,10H2,1-2H3. The number of aliphatic hydroxyl groups is 1. The van der Waals surface area contributed by atoms with Crippen LogP contribution in [0.25, 0.3) is 0 Å². The summed E-state index contributed by atoms with van der Waals surface area (Å²) in [6.07, 6.45) is 1.71. The highest BCUT2D eigenvalue weighted by Crippen LogP contribution is 2.25. The summed E-state index contributed by atoms with van der Waals surface area (Å²) in [7, 11) is 1.59. The van der Waals surface area contributed by atoms with E-state index in [0.29, 0.717) is 36.2 Å². The lowest BCUT2D eigenvalue weighted by atomic mass is 9.92. The minimum absolute atomic E-state index is 0.0830. The number of benzene rings is 1. The molecule has 2 rings (SSSR count). The first-order valence-corrected chi connectivity index (χ1v) is 7.67. The maximum Gasteiger partial charge on any atom is 0.227 e. The number of aliphatic hydroxyl groups excluding tert-OH is 1. The van der Waals surface area contributed by atoms with E-state index in [1.54, 1.807) is 25.3 Å². The van der Waals surface area contributed by atoms with Crippen molar-refractivity contribution in [2.75, 3.05) is 20.2 Å². The van der Waals surface area contributed by atoms with Crippen molar-refractivity contribution in [1.29, 1.82) is 0 Å². The third-order valence-corrected chi connectivity index (χ3v) is 4.39. The zero-order chi connectivity index (χ0) is 15.4. The third kappa shape index (κ3) is 4.11. The van der Waals surface area contributed by atoms with Crippen LogP contribution in [0.5, 0.6) is 5.75 Å². The van der Waals surface area contributed by atoms with Crippen molar-refractivity contribution in [3.63, 3.8) is 0 Å². The van der Waals surface area contributed by atoms with Crippen molar-refractivity contribution in [3.05, 3.63) is 28.8 Å². The van der Waals surface area contributed by atoms with Crippen LogP contribution in [0.4, 0.5) is 0 Å². The number of likely N-dealkylation sites (tertiary alicyclic amines) is 1. The van der Waals surface area contributed by atoms with Gasteiger partial charge in [0.15, 0.2) is 0 Å². The van der Waals surface area contributed by atoms with E-state index in [-0.39, 0.29) is 12.0 Å². The van der Waals surface area contributed by atoms with Gasteiger partial charge in [-0.1, -0.05) is 11.6 Å². The Hall–Kier alpha value is -1.26. The second-order valence-corrected chi connectivity index (χ2v) is 6.03. The van der Waals surface area contributed by atoms with Crippen molar-refractivity contribution < 1.29 is 14.6 Å². The van der Waals surface area contributed by atoms with E-state index in [0.717, 1.165) is 18.4 Å². The van der Waals surface area contributed by atoms with Crippen LogP contribution in [0.1, 0.15) is 25.3 Å². The van der Waals surface area contributed by atoms with E-state index in [1.807, 2.05) is 11.8 Å². The maximum absolute atomic E-state index is 12.4. The summed E-state index contributed by atoms with van der Waals surface area (Å²) in [5.74, 6) is 1.07. The Morgan fingerprint density at radius 1 is 1.48 bits per heavy atom. The van der Waals surface area contributed by atoms with Gasteiger partial charge in [0.05, 0.1) is 19.6 Å². The van der Waals surface area contributed by atoms with Crippen LogP contribution in [-0.2, 0) is 11.2 Å². The monoisotopic (exact) mass is 311 g/mol. The highest BCUT2D eigenvalue weighted by atomic mass is 35.5. The highest BCUT2D eigenvalue weighted by Gasteiger charge is 2.25. The van der Waals surface area contributed by atoms with Crippen LogP contribution in [0.2, 0.25) is 5.02 Å². The summed E-state index contributed by atoms with van der Waals surface area (Å²) in [4.78, 5) is 14.2. The second kappa shape index (κ2) is 7.14. The van der Waals surface area contributed by atoms with Gasteiger partial charge < -0.3 is 14.7 Å². The molecule has 0 aliphatic carbocycles. The van der Waals surface area contributed by atoms with Gasteiger partial charge in [-0.05, 0) is 43.9 Å². The summed E-state index contributed by atoms with van der Waals surface area (Å²) in [5, 5.41) is 10.2. The first-order chi connectivity index (χ1) is 10.0. The second-order valence-electron chi connectivity index (χ2n) is 5.59. The first kappa shape index (κ1) is 16.1. The number of hydrogen-bond acceptors (Lipinski definition) is 3. The molecule has 5 heteroatoms. The molecule has 0 bridgehead atoms. The first-order valence-electron chi connectivity index (χ1n) is 7.29. The molecule has 1 aliphatic heterocycles. The molecule has 0 spiro atoms. The molecule has 0 radical (unpaired) electrons. The molecule has 21 heavy (non-hydrogen) atoms. The molecule has 1 N–H and O–H groups in total. The van der Waals surface area contributed by atoms with Crippen molar-refractivity contribution in [2.24, 2.45) is 5.92 Å². The number of nitrogens with zero attached hydrogens (tertiary/aromatic N) is 1. The number of halogens is 1. The molecule has 1 saturated heterocycles. The van der Waals surface area contributed by atoms with Crippen LogP contribution in [-0.4, -0.2) is 42.2 Å². The SMILES string of the molecule is COc1ccc(Cl)cc1CC(=O)N1CCC(C(C)O)CC1. The van der Waals surface area contributed by atoms with Crippen LogP contribution in [0, 0.1) is 5.92 Å². The van der Waals surface area contributed by atoms with Gasteiger partial charge in [-0.3, -0.25) is 4.79 Å². The molecule has 1 aromatic rings. The number of carbonyl (C=O) groups excluding carboxylic acids is 1. The van der Waals surface area contributed by atoms with Gasteiger partial charge in [0.25, 0.3) is 0 Å². The summed E-state index contributed by atoms with van der Waals surface area (Å²) >= 11 is 5.99. The average molecular weight is 312 g/mol. The van der Waals surface area contributed by atoms with Crippen LogP contribution in [0.3, 0.4) is 0 Å². The molecule has 1 unspecified atom stereocenters. The Morgan fingerprint density at radius 2 is 2.14 bits per heavy atom. The minimum atomic E-state index is -0.296. The van der Waals surface area contributed by atoms with Crippen molar-refractivity contribution in [1.82, 2.24) is 4.90 Å². The molecule has 1 fully saturated rings. The largest absolute Gasteiger partial charge is 0.496 e. The Labute approximate surface area is 130 Å². The molecule has 1 heterocycles. The maximum atomic E-state index is 12.4. The molecule has 0 saturated carbocycles. The summed E-state index contributed by atoms with van der Waals surface area (Å²) in [5.41, 5.74) is 0.813. The number of piperidine rings is 1. The molecule has 1 atom stereocenters. The number of carbonyl (C=O) groups is 1. The van der Waals surface area contributed by atoms with Gasteiger partial charge in [0, 0.05) is 23.7 Å². The van der Waals surface area contributed by atoms with Gasteiger partial charge in [0.1, 0.15) is 5.75 Å². The topological polar surface area (TPSA) is 49.8 Å². The Kier molecular flexibility index (Phi) is 5.48. The van der Waals surface area contributed by atoms with Gasteiger partial charge >= 0.3 is 0 Å². The summed E-state index contributed by atoms with van der Waals surface area (Å²) in [6, 6.07) is 5.31. The molecule has 4 nitrogen and oxygen atoms in total. The zero-order valence-electron chi connectivity index (χ0n) is 12.5. The fourth-order valence-electron chi connectivity index (χ4n) is 2.79. The molecule has 1 amide bonds. The predicted molar refractivity (Wildman–Crippen MR) is 82.7 cm³/mol. The minimum Gasteiger partial charge on any atom is -0.496 e. The van der Waals surface area contributed by atoms with Crippen molar-refractivity contribution in [2.45, 2.75) is 32.3 Å². The number of hydrogen-bond donors (Lipinski definition) is 1. The van der Waals surface area contributed by atoms with Gasteiger partial charge in [-0.15, -0.1) is 0 Å². The molecule has 1 aromatic carbocycles. The smallest absolute Gasteiger partial charge is 0.227 e. The van der Waals surface area contributed by atoms with Crippen LogP contribution in [0.15, 0.2) is 18.2 Å². The fraction of sp³-hybridized carbons (Fsp3) is 0.562. The lowest BCUT2D eigenvalue weighted by Crippen LogP contribution is -2.41. The summed E-state index contributed by atoms with van der Waals surface area (Å²) in [6.45, 7) is 3.23. The van der Waals surface area contributed by atoms with Gasteiger partial charge in [-0.2, -0.15) is 0 Å². The van der Waals surface area contributed by atoms with Crippen LogP contribution >= 0.6 is 11.6 Å². The molecule has 1 aliphatic rings. The number of amides is 1. The number of methoxy groups -OCH3 is 1. The fourth-order valence-corrected chi connectivity index (χ4v) is 2.99. The lowest BCUT2D eigenvalue weighted by molar-refractivity contribution is -0.132. The Balaban J connectivity index is 1.98. The summed E-state index contributed by atoms with van der Waals surface area (Å²) < 4.78 is 5.27. The van der Waals surface area contributed by atoms with Crippen molar-refractivity contribution >= 4 is 17.5 Å². The molecule has 0 aromatic heterocycles. The Bertz CT molecular complexity index is 496. The lowest BCUT2D eigenvalue weighted by Gasteiger charge is -2.33. The normalized spacial score (nSPS) is 17.6.